The SMILES string of the molecule is CCCCCCCCCCCCCC(n1cc[n+](CCCC)c1)C(C)(Cc1ccccc1)c1ccccc1. The molecule has 0 N–H and O–H groups in total. The molecule has 1 heterocycles. The van der Waals surface area contributed by atoms with Crippen LogP contribution in [0.25, 0.3) is 0 Å². The van der Waals surface area contributed by atoms with Crippen molar-refractivity contribution in [3.8, 4) is 0 Å². The van der Waals surface area contributed by atoms with Gasteiger partial charge in [-0.2, -0.15) is 0 Å². The lowest BCUT2D eigenvalue weighted by Crippen LogP contribution is -2.38. The van der Waals surface area contributed by atoms with Crippen LogP contribution < -0.4 is 4.57 Å². The molecule has 0 radical (unpaired) electrons. The average molecular weight is 516 g/mol. The number of benzene rings is 2. The van der Waals surface area contributed by atoms with E-state index in [2.05, 4.69) is 109 Å². The molecule has 2 atom stereocenters. The van der Waals surface area contributed by atoms with Gasteiger partial charge < -0.3 is 0 Å². The van der Waals surface area contributed by atoms with Gasteiger partial charge in [0, 0.05) is 5.41 Å². The Hall–Kier alpha value is -2.35. The lowest BCUT2D eigenvalue weighted by atomic mass is 9.70. The summed E-state index contributed by atoms with van der Waals surface area (Å²) in [5, 5.41) is 0. The molecule has 0 amide bonds. The van der Waals surface area contributed by atoms with Crippen LogP contribution in [0.1, 0.15) is 128 Å². The minimum absolute atomic E-state index is 0.0166. The quantitative estimate of drug-likeness (QED) is 0.105. The molecule has 3 rings (SSSR count). The summed E-state index contributed by atoms with van der Waals surface area (Å²) < 4.78 is 4.94. The monoisotopic (exact) mass is 515 g/mol. The minimum atomic E-state index is 0.0166. The molecule has 0 saturated carbocycles. The largest absolute Gasteiger partial charge is 0.244 e. The summed E-state index contributed by atoms with van der Waals surface area (Å²) in [7, 11) is 0. The zero-order valence-electron chi connectivity index (χ0n) is 24.8. The molecule has 2 nitrogen and oxygen atoms in total. The lowest BCUT2D eigenvalue weighted by Gasteiger charge is -2.37. The first kappa shape index (κ1) is 30.2. The summed E-state index contributed by atoms with van der Waals surface area (Å²) >= 11 is 0. The zero-order valence-corrected chi connectivity index (χ0v) is 24.8. The van der Waals surface area contributed by atoms with Gasteiger partial charge in [-0.05, 0) is 36.8 Å². The molecule has 38 heavy (non-hydrogen) atoms. The van der Waals surface area contributed by atoms with Crippen LogP contribution in [0.2, 0.25) is 0 Å². The van der Waals surface area contributed by atoms with E-state index < -0.39 is 0 Å². The molecule has 2 heteroatoms. The third-order valence-corrected chi connectivity index (χ3v) is 8.51. The van der Waals surface area contributed by atoms with Gasteiger partial charge in [0.15, 0.2) is 0 Å². The first-order valence-corrected chi connectivity index (χ1v) is 15.8. The van der Waals surface area contributed by atoms with Crippen LogP contribution >= 0.6 is 0 Å². The van der Waals surface area contributed by atoms with E-state index in [-0.39, 0.29) is 5.41 Å². The number of unbranched alkanes of at least 4 members (excludes halogenated alkanes) is 11. The number of rotatable bonds is 20. The van der Waals surface area contributed by atoms with E-state index in [1.165, 1.54) is 101 Å². The Labute approximate surface area is 234 Å². The van der Waals surface area contributed by atoms with E-state index in [1.807, 2.05) is 0 Å². The average Bonchev–Trinajstić information content (AvgIpc) is 3.42. The maximum atomic E-state index is 2.54. The highest BCUT2D eigenvalue weighted by Crippen LogP contribution is 2.41. The fourth-order valence-electron chi connectivity index (χ4n) is 6.12. The highest BCUT2D eigenvalue weighted by Gasteiger charge is 2.40. The second kappa shape index (κ2) is 17.3. The van der Waals surface area contributed by atoms with Crippen molar-refractivity contribution in [1.29, 1.82) is 0 Å². The van der Waals surface area contributed by atoms with Crippen LogP contribution in [0.3, 0.4) is 0 Å². The standard InChI is InChI=1S/C36H55N2/c1-4-6-8-9-10-11-12-13-14-15-22-27-35(38-30-29-37(32-38)28-7-5-2)36(3,34-25-20-17-21-26-34)31-33-23-18-16-19-24-33/h16-21,23-26,29-30,32,35H,4-15,22,27-28,31H2,1-3H3/q+1. The van der Waals surface area contributed by atoms with Crippen molar-refractivity contribution in [3.05, 3.63) is 90.5 Å². The third-order valence-electron chi connectivity index (χ3n) is 8.51. The van der Waals surface area contributed by atoms with Gasteiger partial charge >= 0.3 is 0 Å². The van der Waals surface area contributed by atoms with Gasteiger partial charge in [0.2, 0.25) is 6.33 Å². The number of hydrogen-bond acceptors (Lipinski definition) is 0. The first-order chi connectivity index (χ1) is 18.7. The summed E-state index contributed by atoms with van der Waals surface area (Å²) in [5.41, 5.74) is 2.89. The lowest BCUT2D eigenvalue weighted by molar-refractivity contribution is -0.697. The summed E-state index contributed by atoms with van der Waals surface area (Å²) in [6, 6.07) is 22.8. The van der Waals surface area contributed by atoms with Crippen LogP contribution in [0.15, 0.2) is 79.4 Å². The van der Waals surface area contributed by atoms with Crippen LogP contribution in [-0.2, 0) is 18.4 Å². The Morgan fingerprint density at radius 1 is 0.684 bits per heavy atom. The highest BCUT2D eigenvalue weighted by atomic mass is 15.1. The van der Waals surface area contributed by atoms with E-state index in [1.54, 1.807) is 0 Å². The predicted octanol–water partition coefficient (Wildman–Crippen LogP) is 10.0. The molecule has 0 aliphatic rings. The first-order valence-electron chi connectivity index (χ1n) is 15.8. The summed E-state index contributed by atoms with van der Waals surface area (Å²) in [4.78, 5) is 0. The number of nitrogens with zero attached hydrogens (tertiary/aromatic N) is 2. The van der Waals surface area contributed by atoms with E-state index in [0.717, 1.165) is 13.0 Å². The molecular formula is C36H55N2+. The Morgan fingerprint density at radius 3 is 1.84 bits per heavy atom. The molecule has 0 fully saturated rings. The van der Waals surface area contributed by atoms with E-state index in [4.69, 9.17) is 0 Å². The predicted molar refractivity (Wildman–Crippen MR) is 164 cm³/mol. The highest BCUT2D eigenvalue weighted by molar-refractivity contribution is 5.30. The summed E-state index contributed by atoms with van der Waals surface area (Å²) in [5.74, 6) is 0. The van der Waals surface area contributed by atoms with Gasteiger partial charge in [-0.3, -0.25) is 0 Å². The summed E-state index contributed by atoms with van der Waals surface area (Å²) in [6.45, 7) is 8.19. The van der Waals surface area contributed by atoms with E-state index >= 15 is 0 Å². The van der Waals surface area contributed by atoms with Crippen molar-refractivity contribution in [3.63, 3.8) is 0 Å². The van der Waals surface area contributed by atoms with Crippen LogP contribution in [0, 0.1) is 0 Å². The topological polar surface area (TPSA) is 8.81 Å². The zero-order chi connectivity index (χ0) is 26.9. The van der Waals surface area contributed by atoms with Crippen molar-refractivity contribution >= 4 is 0 Å². The Balaban J connectivity index is 1.69. The van der Waals surface area contributed by atoms with Crippen LogP contribution in [0.4, 0.5) is 0 Å². The third kappa shape index (κ3) is 9.75. The smallest absolute Gasteiger partial charge is 0.237 e. The van der Waals surface area contributed by atoms with Gasteiger partial charge in [-0.25, -0.2) is 9.13 Å². The molecule has 0 aliphatic heterocycles. The molecule has 2 aromatic carbocycles. The second-order valence-electron chi connectivity index (χ2n) is 11.7. The molecule has 0 bridgehead atoms. The molecule has 2 unspecified atom stereocenters. The fraction of sp³-hybridized carbons (Fsp3) is 0.583. The van der Waals surface area contributed by atoms with Gasteiger partial charge in [0.1, 0.15) is 18.4 Å². The number of hydrogen-bond donors (Lipinski definition) is 0. The number of imidazole rings is 1. The maximum Gasteiger partial charge on any atom is 0.244 e. The van der Waals surface area contributed by atoms with Crippen molar-refractivity contribution < 1.29 is 4.57 Å². The van der Waals surface area contributed by atoms with Gasteiger partial charge in [0.25, 0.3) is 0 Å². The van der Waals surface area contributed by atoms with Crippen molar-refractivity contribution in [2.45, 2.75) is 135 Å². The van der Waals surface area contributed by atoms with E-state index in [9.17, 15) is 0 Å². The number of aryl methyl sites for hydroxylation is 1. The van der Waals surface area contributed by atoms with Crippen LogP contribution in [0.5, 0.6) is 0 Å². The molecule has 0 saturated heterocycles. The van der Waals surface area contributed by atoms with E-state index in [0.29, 0.717) is 6.04 Å². The molecule has 208 valence electrons. The molecule has 1 aromatic heterocycles. The Morgan fingerprint density at radius 2 is 1.24 bits per heavy atom. The van der Waals surface area contributed by atoms with Gasteiger partial charge in [-0.1, -0.05) is 152 Å². The molecule has 0 aliphatic carbocycles. The fourth-order valence-corrected chi connectivity index (χ4v) is 6.12. The van der Waals surface area contributed by atoms with Crippen molar-refractivity contribution in [2.24, 2.45) is 0 Å². The van der Waals surface area contributed by atoms with Crippen molar-refractivity contribution in [2.75, 3.05) is 0 Å². The second-order valence-corrected chi connectivity index (χ2v) is 11.7. The van der Waals surface area contributed by atoms with Crippen LogP contribution in [-0.4, -0.2) is 4.57 Å². The number of aromatic nitrogens is 2. The molecular weight excluding hydrogens is 460 g/mol. The van der Waals surface area contributed by atoms with Gasteiger partial charge in [0.05, 0.1) is 6.54 Å². The summed E-state index contributed by atoms with van der Waals surface area (Å²) in [6.07, 6.45) is 27.1. The minimum Gasteiger partial charge on any atom is -0.237 e. The van der Waals surface area contributed by atoms with Crippen molar-refractivity contribution in [1.82, 2.24) is 4.57 Å². The molecule has 0 spiro atoms. The molecule has 3 aromatic rings. The Bertz CT molecular complexity index is 977. The van der Waals surface area contributed by atoms with Gasteiger partial charge in [-0.15, -0.1) is 0 Å². The maximum absolute atomic E-state index is 2.54. The normalized spacial score (nSPS) is 13.9. The Kier molecular flexibility index (Phi) is 13.7.